The van der Waals surface area contributed by atoms with Crippen LogP contribution < -0.4 is 5.32 Å². The van der Waals surface area contributed by atoms with E-state index in [2.05, 4.69) is 42.0 Å². The van der Waals surface area contributed by atoms with Crippen molar-refractivity contribution in [1.29, 1.82) is 10.5 Å². The second-order valence-electron chi connectivity index (χ2n) is 6.52. The van der Waals surface area contributed by atoms with E-state index in [9.17, 15) is 15.3 Å². The van der Waals surface area contributed by atoms with E-state index in [1.807, 2.05) is 0 Å². The number of ether oxygens (including phenoxy) is 1. The zero-order valence-corrected chi connectivity index (χ0v) is 14.9. The van der Waals surface area contributed by atoms with E-state index in [4.69, 9.17) is 4.74 Å². The molecule has 1 amide bonds. The van der Waals surface area contributed by atoms with Crippen LogP contribution in [0.15, 0.2) is 10.6 Å². The molecule has 1 saturated heterocycles. The maximum atomic E-state index is 11.8. The summed E-state index contributed by atoms with van der Waals surface area (Å²) in [6.45, 7) is 4.02. The highest BCUT2D eigenvalue weighted by Crippen LogP contribution is 2.50. The Kier molecular flexibility index (Phi) is 6.68. The predicted octanol–water partition coefficient (Wildman–Crippen LogP) is 1.82. The van der Waals surface area contributed by atoms with Crippen molar-refractivity contribution in [2.75, 3.05) is 33.4 Å². The number of morpholine rings is 1. The minimum atomic E-state index is -0.756. The number of hydrogen-bond donors (Lipinski definition) is 2. The van der Waals surface area contributed by atoms with Crippen LogP contribution in [0.1, 0.15) is 32.1 Å². The van der Waals surface area contributed by atoms with Gasteiger partial charge in [-0.15, -0.1) is 12.6 Å². The van der Waals surface area contributed by atoms with Gasteiger partial charge in [-0.1, -0.05) is 19.3 Å². The van der Waals surface area contributed by atoms with Gasteiger partial charge in [0.05, 0.1) is 36.0 Å². The van der Waals surface area contributed by atoms with Crippen molar-refractivity contribution in [3.63, 3.8) is 0 Å². The molecule has 1 N–H and O–H groups in total. The lowest BCUT2D eigenvalue weighted by Crippen LogP contribution is -2.48. The number of allylic oxidation sites excluding steroid dienone is 1. The van der Waals surface area contributed by atoms with Crippen LogP contribution in [0, 0.1) is 34.0 Å². The summed E-state index contributed by atoms with van der Waals surface area (Å²) >= 11 is 4.18. The molecule has 0 aromatic carbocycles. The topological polar surface area (TPSA) is 89.2 Å². The van der Waals surface area contributed by atoms with Gasteiger partial charge in [0.2, 0.25) is 5.91 Å². The molecule has 1 unspecified atom stereocenters. The fourth-order valence-corrected chi connectivity index (χ4v) is 3.99. The minimum absolute atomic E-state index is 0.321. The van der Waals surface area contributed by atoms with Crippen molar-refractivity contribution < 1.29 is 9.53 Å². The molecule has 1 spiro atoms. The van der Waals surface area contributed by atoms with Gasteiger partial charge in [0.15, 0.2) is 0 Å². The normalized spacial score (nSPS) is 26.7. The molecule has 1 atom stereocenters. The molecule has 0 radical (unpaired) electrons. The summed E-state index contributed by atoms with van der Waals surface area (Å²) in [6, 6.07) is 4.20. The van der Waals surface area contributed by atoms with Crippen molar-refractivity contribution in [2.45, 2.75) is 32.1 Å². The summed E-state index contributed by atoms with van der Waals surface area (Å²) in [5.41, 5.74) is -0.118. The highest BCUT2D eigenvalue weighted by atomic mass is 32.1. The number of nitriles is 2. The standard InChI is InChI=1S/C12H13N3OS.C5H11NO/c13-6-8-10(16)15-11(17)9(7-14)12(8)4-2-1-3-5-12;1-6-2-4-7-5-3-6/h8,17H,1-5H2,(H,15,16);2-5H2,1H3. The van der Waals surface area contributed by atoms with Crippen LogP contribution in [0.25, 0.3) is 0 Å². The van der Waals surface area contributed by atoms with Crippen molar-refractivity contribution >= 4 is 18.5 Å². The number of rotatable bonds is 0. The number of nitrogens with one attached hydrogen (secondary N) is 1. The van der Waals surface area contributed by atoms with Crippen LogP contribution in [-0.4, -0.2) is 44.2 Å². The lowest BCUT2D eigenvalue weighted by molar-refractivity contribution is -0.126. The summed E-state index contributed by atoms with van der Waals surface area (Å²) < 4.78 is 5.10. The molecule has 24 heavy (non-hydrogen) atoms. The van der Waals surface area contributed by atoms with Gasteiger partial charge < -0.3 is 15.0 Å². The molecule has 1 saturated carbocycles. The van der Waals surface area contributed by atoms with Gasteiger partial charge in [0.25, 0.3) is 0 Å². The monoisotopic (exact) mass is 348 g/mol. The van der Waals surface area contributed by atoms with E-state index in [1.165, 1.54) is 0 Å². The minimum Gasteiger partial charge on any atom is -0.379 e. The molecule has 0 aromatic heterocycles. The molecule has 7 heteroatoms. The molecule has 0 bridgehead atoms. The number of thiol groups is 1. The average molecular weight is 348 g/mol. The van der Waals surface area contributed by atoms with Gasteiger partial charge in [0.1, 0.15) is 5.92 Å². The Balaban J connectivity index is 0.000000249. The third-order valence-electron chi connectivity index (χ3n) is 5.01. The Labute approximate surface area is 148 Å². The molecule has 1 aliphatic carbocycles. The molecule has 0 aromatic rings. The van der Waals surface area contributed by atoms with Gasteiger partial charge in [-0.3, -0.25) is 4.79 Å². The van der Waals surface area contributed by atoms with Crippen LogP contribution in [0.2, 0.25) is 0 Å². The van der Waals surface area contributed by atoms with E-state index in [0.717, 1.165) is 58.4 Å². The van der Waals surface area contributed by atoms with Gasteiger partial charge in [-0.05, 0) is 19.9 Å². The quantitative estimate of drug-likeness (QED) is 0.652. The smallest absolute Gasteiger partial charge is 0.243 e. The first-order valence-corrected chi connectivity index (χ1v) is 8.80. The zero-order chi connectivity index (χ0) is 17.6. The maximum absolute atomic E-state index is 11.8. The predicted molar refractivity (Wildman–Crippen MR) is 92.7 cm³/mol. The molecule has 2 aliphatic heterocycles. The number of likely N-dealkylation sites (N-methyl/N-ethyl adjacent to an activating group) is 1. The maximum Gasteiger partial charge on any atom is 0.243 e. The van der Waals surface area contributed by atoms with E-state index in [0.29, 0.717) is 10.6 Å². The van der Waals surface area contributed by atoms with Crippen molar-refractivity contribution in [1.82, 2.24) is 10.2 Å². The largest absolute Gasteiger partial charge is 0.379 e. The summed E-state index contributed by atoms with van der Waals surface area (Å²) in [6.07, 6.45) is 4.47. The Hall–Kier alpha value is -1.54. The first-order chi connectivity index (χ1) is 11.5. The van der Waals surface area contributed by atoms with Gasteiger partial charge in [-0.25, -0.2) is 0 Å². The summed E-state index contributed by atoms with van der Waals surface area (Å²) in [5, 5.41) is 21.3. The van der Waals surface area contributed by atoms with Crippen molar-refractivity contribution in [3.8, 4) is 12.1 Å². The fourth-order valence-electron chi connectivity index (χ4n) is 3.60. The van der Waals surface area contributed by atoms with E-state index < -0.39 is 11.3 Å². The Morgan fingerprint density at radius 3 is 2.33 bits per heavy atom. The molecule has 3 rings (SSSR count). The third kappa shape index (κ3) is 3.92. The number of carbonyl (C=O) groups excluding carboxylic acids is 1. The molecule has 2 heterocycles. The summed E-state index contributed by atoms with van der Waals surface area (Å²) in [5.74, 6) is -1.08. The van der Waals surface area contributed by atoms with E-state index >= 15 is 0 Å². The van der Waals surface area contributed by atoms with Crippen LogP contribution in [-0.2, 0) is 9.53 Å². The molecular formula is C17H24N4O2S. The van der Waals surface area contributed by atoms with Crippen LogP contribution in [0.4, 0.5) is 0 Å². The van der Waals surface area contributed by atoms with Gasteiger partial charge in [0, 0.05) is 18.5 Å². The summed E-state index contributed by atoms with van der Waals surface area (Å²) in [7, 11) is 2.11. The second-order valence-corrected chi connectivity index (χ2v) is 6.97. The Morgan fingerprint density at radius 2 is 1.88 bits per heavy atom. The molecule has 130 valence electrons. The highest BCUT2D eigenvalue weighted by Gasteiger charge is 2.50. The third-order valence-corrected chi connectivity index (χ3v) is 5.35. The first kappa shape index (κ1) is 18.8. The molecular weight excluding hydrogens is 324 g/mol. The van der Waals surface area contributed by atoms with Gasteiger partial charge in [-0.2, -0.15) is 10.5 Å². The van der Waals surface area contributed by atoms with Crippen molar-refractivity contribution in [3.05, 3.63) is 10.6 Å². The lowest BCUT2D eigenvalue weighted by atomic mass is 9.61. The Morgan fingerprint density at radius 1 is 1.25 bits per heavy atom. The average Bonchev–Trinajstić information content (AvgIpc) is 2.57. The number of carbonyl (C=O) groups is 1. The van der Waals surface area contributed by atoms with Crippen LogP contribution >= 0.6 is 12.6 Å². The zero-order valence-electron chi connectivity index (χ0n) is 14.0. The molecule has 3 aliphatic rings. The number of amides is 1. The second kappa shape index (κ2) is 8.53. The van der Waals surface area contributed by atoms with Crippen LogP contribution in [0.3, 0.4) is 0 Å². The molecule has 2 fully saturated rings. The van der Waals surface area contributed by atoms with Crippen LogP contribution in [0.5, 0.6) is 0 Å². The summed E-state index contributed by atoms with van der Waals surface area (Å²) in [4.78, 5) is 14.1. The van der Waals surface area contributed by atoms with Crippen molar-refractivity contribution in [2.24, 2.45) is 11.3 Å². The number of nitrogens with zero attached hydrogens (tertiary/aromatic N) is 3. The highest BCUT2D eigenvalue weighted by molar-refractivity contribution is 7.84. The molecule has 6 nitrogen and oxygen atoms in total. The SMILES string of the molecule is CN1CCOCC1.N#CC1=C(S)NC(=O)C(C#N)C12CCCCC2. The van der Waals surface area contributed by atoms with Gasteiger partial charge >= 0.3 is 0 Å². The number of hydrogen-bond acceptors (Lipinski definition) is 6. The lowest BCUT2D eigenvalue weighted by Gasteiger charge is -2.42. The van der Waals surface area contributed by atoms with E-state index in [-0.39, 0.29) is 5.91 Å². The van der Waals surface area contributed by atoms with E-state index in [1.54, 1.807) is 0 Å². The Bertz CT molecular complexity index is 578. The first-order valence-electron chi connectivity index (χ1n) is 8.36. The fraction of sp³-hybridized carbons (Fsp3) is 0.706.